The minimum absolute atomic E-state index is 0.328. The fourth-order valence-corrected chi connectivity index (χ4v) is 1.76. The summed E-state index contributed by atoms with van der Waals surface area (Å²) in [6.07, 6.45) is 0.466. The number of hydrogen-bond acceptors (Lipinski definition) is 3. The third kappa shape index (κ3) is 4.46. The van der Waals surface area contributed by atoms with Gasteiger partial charge in [0.2, 0.25) is 0 Å². The van der Waals surface area contributed by atoms with Crippen molar-refractivity contribution in [3.05, 3.63) is 29.3 Å². The molecule has 1 atom stereocenters. The Bertz CT molecular complexity index is 407. The molecule has 0 aliphatic carbocycles. The molecule has 92 valence electrons. The van der Waals surface area contributed by atoms with Crippen molar-refractivity contribution in [2.45, 2.75) is 33.3 Å². The Labute approximate surface area is 103 Å². The molecule has 2 N–H and O–H groups in total. The summed E-state index contributed by atoms with van der Waals surface area (Å²) in [4.78, 5) is 0. The lowest BCUT2D eigenvalue weighted by Crippen LogP contribution is -2.21. The second-order valence-corrected chi connectivity index (χ2v) is 4.81. The first-order valence-corrected chi connectivity index (χ1v) is 5.95. The van der Waals surface area contributed by atoms with Gasteiger partial charge in [-0.2, -0.15) is 5.26 Å². The predicted molar refractivity (Wildman–Crippen MR) is 69.8 cm³/mol. The van der Waals surface area contributed by atoms with Crippen molar-refractivity contribution in [2.24, 2.45) is 5.92 Å². The standard InChI is InChI=1S/C14H20N2O/c1-10(2)6-14(17)9-16-13-5-4-12(8-15)11(3)7-13/h4-5,7,10,14,16-17H,6,9H2,1-3H3. The largest absolute Gasteiger partial charge is 0.391 e. The minimum Gasteiger partial charge on any atom is -0.391 e. The van der Waals surface area contributed by atoms with Crippen LogP contribution in [0.15, 0.2) is 18.2 Å². The lowest BCUT2D eigenvalue weighted by atomic mass is 10.1. The topological polar surface area (TPSA) is 56.0 Å². The Morgan fingerprint density at radius 3 is 2.65 bits per heavy atom. The second-order valence-electron chi connectivity index (χ2n) is 4.81. The van der Waals surface area contributed by atoms with Crippen molar-refractivity contribution in [1.82, 2.24) is 0 Å². The average molecular weight is 232 g/mol. The van der Waals surface area contributed by atoms with Gasteiger partial charge in [-0.15, -0.1) is 0 Å². The summed E-state index contributed by atoms with van der Waals surface area (Å²) in [7, 11) is 0. The van der Waals surface area contributed by atoms with E-state index in [4.69, 9.17) is 5.26 Å². The highest BCUT2D eigenvalue weighted by molar-refractivity contribution is 5.51. The highest BCUT2D eigenvalue weighted by atomic mass is 16.3. The molecule has 0 heterocycles. The van der Waals surface area contributed by atoms with E-state index in [2.05, 4.69) is 25.2 Å². The minimum atomic E-state index is -0.328. The molecule has 1 unspecified atom stereocenters. The van der Waals surface area contributed by atoms with Gasteiger partial charge in [0, 0.05) is 12.2 Å². The molecule has 0 radical (unpaired) electrons. The van der Waals surface area contributed by atoms with Crippen LogP contribution in [-0.2, 0) is 0 Å². The first-order chi connectivity index (χ1) is 8.02. The van der Waals surface area contributed by atoms with E-state index >= 15 is 0 Å². The van der Waals surface area contributed by atoms with Crippen molar-refractivity contribution >= 4 is 5.69 Å². The van der Waals surface area contributed by atoms with Gasteiger partial charge in [-0.1, -0.05) is 13.8 Å². The van der Waals surface area contributed by atoms with Crippen LogP contribution in [0.4, 0.5) is 5.69 Å². The maximum absolute atomic E-state index is 9.74. The quantitative estimate of drug-likeness (QED) is 0.820. The van der Waals surface area contributed by atoms with Crippen molar-refractivity contribution in [2.75, 3.05) is 11.9 Å². The first-order valence-electron chi connectivity index (χ1n) is 5.95. The van der Waals surface area contributed by atoms with E-state index < -0.39 is 0 Å². The Hall–Kier alpha value is -1.53. The average Bonchev–Trinajstić information content (AvgIpc) is 2.25. The van der Waals surface area contributed by atoms with Crippen LogP contribution >= 0.6 is 0 Å². The number of rotatable bonds is 5. The Morgan fingerprint density at radius 2 is 2.12 bits per heavy atom. The molecule has 0 saturated heterocycles. The summed E-state index contributed by atoms with van der Waals surface area (Å²) in [6.45, 7) is 6.64. The van der Waals surface area contributed by atoms with Gasteiger partial charge >= 0.3 is 0 Å². The van der Waals surface area contributed by atoms with Crippen molar-refractivity contribution in [1.29, 1.82) is 5.26 Å². The van der Waals surface area contributed by atoms with Crippen LogP contribution in [0.25, 0.3) is 0 Å². The molecule has 0 aromatic heterocycles. The lowest BCUT2D eigenvalue weighted by molar-refractivity contribution is 0.161. The number of aryl methyl sites for hydroxylation is 1. The molecule has 0 amide bonds. The molecule has 0 aliphatic heterocycles. The molecule has 1 aromatic carbocycles. The van der Waals surface area contributed by atoms with Gasteiger partial charge in [0.05, 0.1) is 17.7 Å². The monoisotopic (exact) mass is 232 g/mol. The van der Waals surface area contributed by atoms with E-state index in [9.17, 15) is 5.11 Å². The van der Waals surface area contributed by atoms with Crippen LogP contribution < -0.4 is 5.32 Å². The number of nitrogens with zero attached hydrogens (tertiary/aromatic N) is 1. The highest BCUT2D eigenvalue weighted by Gasteiger charge is 2.06. The van der Waals surface area contributed by atoms with E-state index in [1.54, 1.807) is 6.07 Å². The van der Waals surface area contributed by atoms with Gasteiger partial charge in [-0.05, 0) is 43.0 Å². The van der Waals surface area contributed by atoms with Crippen LogP contribution in [0.1, 0.15) is 31.4 Å². The Balaban J connectivity index is 2.53. The van der Waals surface area contributed by atoms with E-state index in [0.717, 1.165) is 17.7 Å². The van der Waals surface area contributed by atoms with Gasteiger partial charge < -0.3 is 10.4 Å². The molecule has 3 nitrogen and oxygen atoms in total. The fourth-order valence-electron chi connectivity index (χ4n) is 1.76. The second kappa shape index (κ2) is 6.27. The van der Waals surface area contributed by atoms with Crippen molar-refractivity contribution in [3.63, 3.8) is 0 Å². The third-order valence-corrected chi connectivity index (χ3v) is 2.63. The maximum Gasteiger partial charge on any atom is 0.0994 e. The molecule has 0 spiro atoms. The summed E-state index contributed by atoms with van der Waals surface area (Å²) in [5.41, 5.74) is 2.60. The van der Waals surface area contributed by atoms with Gasteiger partial charge in [0.1, 0.15) is 0 Å². The summed E-state index contributed by atoms with van der Waals surface area (Å²) in [5.74, 6) is 0.495. The van der Waals surface area contributed by atoms with E-state index in [1.807, 2.05) is 19.1 Å². The van der Waals surface area contributed by atoms with Crippen molar-refractivity contribution in [3.8, 4) is 6.07 Å². The number of aliphatic hydroxyl groups excluding tert-OH is 1. The van der Waals surface area contributed by atoms with E-state index in [1.165, 1.54) is 0 Å². The lowest BCUT2D eigenvalue weighted by Gasteiger charge is -2.15. The molecule has 3 heteroatoms. The third-order valence-electron chi connectivity index (χ3n) is 2.63. The molecule has 1 rings (SSSR count). The van der Waals surface area contributed by atoms with E-state index in [-0.39, 0.29) is 6.10 Å². The maximum atomic E-state index is 9.74. The number of anilines is 1. The molecule has 17 heavy (non-hydrogen) atoms. The summed E-state index contributed by atoms with van der Waals surface area (Å²) in [6, 6.07) is 7.73. The van der Waals surface area contributed by atoms with Crippen LogP contribution in [0.5, 0.6) is 0 Å². The Morgan fingerprint density at radius 1 is 1.41 bits per heavy atom. The normalized spacial score (nSPS) is 12.2. The van der Waals surface area contributed by atoms with Gasteiger partial charge in [0.25, 0.3) is 0 Å². The van der Waals surface area contributed by atoms with Crippen LogP contribution in [-0.4, -0.2) is 17.8 Å². The molecular formula is C14H20N2O. The molecule has 0 aliphatic rings. The highest BCUT2D eigenvalue weighted by Crippen LogP contribution is 2.15. The van der Waals surface area contributed by atoms with Gasteiger partial charge in [-0.3, -0.25) is 0 Å². The summed E-state index contributed by atoms with van der Waals surface area (Å²) < 4.78 is 0. The van der Waals surface area contributed by atoms with Crippen LogP contribution in [0.3, 0.4) is 0 Å². The smallest absolute Gasteiger partial charge is 0.0994 e. The summed E-state index contributed by atoms with van der Waals surface area (Å²) in [5, 5.41) is 21.7. The molecule has 1 aromatic rings. The molecule has 0 fully saturated rings. The summed E-state index contributed by atoms with van der Waals surface area (Å²) >= 11 is 0. The van der Waals surface area contributed by atoms with Crippen LogP contribution in [0.2, 0.25) is 0 Å². The first kappa shape index (κ1) is 13.5. The number of aliphatic hydroxyl groups is 1. The zero-order valence-corrected chi connectivity index (χ0v) is 10.7. The Kier molecular flexibility index (Phi) is 4.99. The zero-order valence-electron chi connectivity index (χ0n) is 10.7. The van der Waals surface area contributed by atoms with Crippen LogP contribution in [0, 0.1) is 24.2 Å². The fraction of sp³-hybridized carbons (Fsp3) is 0.500. The number of benzene rings is 1. The molecule has 0 saturated carbocycles. The van der Waals surface area contributed by atoms with E-state index in [0.29, 0.717) is 18.0 Å². The van der Waals surface area contributed by atoms with Crippen molar-refractivity contribution < 1.29 is 5.11 Å². The molecule has 0 bridgehead atoms. The SMILES string of the molecule is Cc1cc(NCC(O)CC(C)C)ccc1C#N. The van der Waals surface area contributed by atoms with Gasteiger partial charge in [0.15, 0.2) is 0 Å². The molecular weight excluding hydrogens is 212 g/mol. The van der Waals surface area contributed by atoms with Gasteiger partial charge in [-0.25, -0.2) is 0 Å². The predicted octanol–water partition coefficient (Wildman–Crippen LogP) is 2.69. The number of nitriles is 1. The zero-order chi connectivity index (χ0) is 12.8. The number of nitrogens with one attached hydrogen (secondary N) is 1. The number of hydrogen-bond donors (Lipinski definition) is 2.